The third-order valence-electron chi connectivity index (χ3n) is 3.01. The minimum absolute atomic E-state index is 0.211. The van der Waals surface area contributed by atoms with E-state index in [9.17, 15) is 9.59 Å². The van der Waals surface area contributed by atoms with Gasteiger partial charge in [0.1, 0.15) is 11.5 Å². The molecule has 0 aliphatic carbocycles. The van der Waals surface area contributed by atoms with Crippen molar-refractivity contribution in [3.8, 4) is 11.3 Å². The largest absolute Gasteiger partial charge is 0.466 e. The Hall–Kier alpha value is -2.82. The van der Waals surface area contributed by atoms with Gasteiger partial charge in [-0.25, -0.2) is 4.79 Å². The number of methoxy groups -OCH3 is 1. The molecule has 5 nitrogen and oxygen atoms in total. The SMILES string of the molecule is COC(=O)/C=C/CNC(=O)c1ccc(-c2ccc(C)o2)cc1. The maximum absolute atomic E-state index is 11.9. The van der Waals surface area contributed by atoms with E-state index in [4.69, 9.17) is 4.42 Å². The molecule has 2 aromatic rings. The quantitative estimate of drug-likeness (QED) is 0.681. The van der Waals surface area contributed by atoms with Crippen LogP contribution in [0, 0.1) is 6.92 Å². The van der Waals surface area contributed by atoms with E-state index in [1.165, 1.54) is 19.3 Å². The van der Waals surface area contributed by atoms with Gasteiger partial charge in [-0.1, -0.05) is 18.2 Å². The molecule has 0 fully saturated rings. The minimum atomic E-state index is -0.452. The molecular weight excluding hydrogens is 282 g/mol. The van der Waals surface area contributed by atoms with Gasteiger partial charge in [0, 0.05) is 23.7 Å². The summed E-state index contributed by atoms with van der Waals surface area (Å²) < 4.78 is 9.98. The number of benzene rings is 1. The van der Waals surface area contributed by atoms with Gasteiger partial charge in [-0.05, 0) is 31.2 Å². The standard InChI is InChI=1S/C17H17NO4/c1-12-5-10-15(22-12)13-6-8-14(9-7-13)17(20)18-11-3-4-16(19)21-2/h3-10H,11H2,1-2H3,(H,18,20)/b4-3+. The maximum Gasteiger partial charge on any atom is 0.330 e. The van der Waals surface area contributed by atoms with Crippen LogP contribution in [0.3, 0.4) is 0 Å². The first kappa shape index (κ1) is 15.6. The lowest BCUT2D eigenvalue weighted by Gasteiger charge is -2.03. The summed E-state index contributed by atoms with van der Waals surface area (Å²) in [5.74, 6) is 0.948. The third kappa shape index (κ3) is 4.09. The number of esters is 1. The van der Waals surface area contributed by atoms with Gasteiger partial charge in [-0.3, -0.25) is 4.79 Å². The normalized spacial score (nSPS) is 10.6. The number of ether oxygens (including phenoxy) is 1. The highest BCUT2D eigenvalue weighted by Gasteiger charge is 2.06. The number of carbonyl (C=O) groups excluding carboxylic acids is 2. The number of nitrogens with one attached hydrogen (secondary N) is 1. The lowest BCUT2D eigenvalue weighted by Crippen LogP contribution is -2.23. The molecule has 1 aromatic heterocycles. The van der Waals surface area contributed by atoms with Crippen LogP contribution in [0.5, 0.6) is 0 Å². The van der Waals surface area contributed by atoms with Gasteiger partial charge in [-0.15, -0.1) is 0 Å². The van der Waals surface area contributed by atoms with Crippen LogP contribution < -0.4 is 5.32 Å². The molecule has 114 valence electrons. The van der Waals surface area contributed by atoms with Crippen molar-refractivity contribution in [2.75, 3.05) is 13.7 Å². The van der Waals surface area contributed by atoms with Gasteiger partial charge < -0.3 is 14.5 Å². The van der Waals surface area contributed by atoms with Crippen LogP contribution >= 0.6 is 0 Å². The molecule has 0 radical (unpaired) electrons. The topological polar surface area (TPSA) is 68.5 Å². The van der Waals surface area contributed by atoms with Crippen molar-refractivity contribution >= 4 is 11.9 Å². The second-order valence-electron chi connectivity index (χ2n) is 4.62. The monoisotopic (exact) mass is 299 g/mol. The molecule has 22 heavy (non-hydrogen) atoms. The van der Waals surface area contributed by atoms with E-state index in [2.05, 4.69) is 10.1 Å². The fourth-order valence-electron chi connectivity index (χ4n) is 1.85. The first-order chi connectivity index (χ1) is 10.6. The Morgan fingerprint density at radius 1 is 1.18 bits per heavy atom. The van der Waals surface area contributed by atoms with Gasteiger partial charge in [0.15, 0.2) is 0 Å². The summed E-state index contributed by atoms with van der Waals surface area (Å²) in [5, 5.41) is 2.68. The average Bonchev–Trinajstić information content (AvgIpc) is 2.97. The Balaban J connectivity index is 1.94. The highest BCUT2D eigenvalue weighted by Crippen LogP contribution is 2.22. The molecule has 0 saturated carbocycles. The highest BCUT2D eigenvalue weighted by atomic mass is 16.5. The molecule has 0 atom stereocenters. The van der Waals surface area contributed by atoms with Crippen molar-refractivity contribution in [3.63, 3.8) is 0 Å². The number of hydrogen-bond acceptors (Lipinski definition) is 4. The van der Waals surface area contributed by atoms with Crippen LogP contribution in [0.4, 0.5) is 0 Å². The Kier molecular flexibility index (Phi) is 5.14. The van der Waals surface area contributed by atoms with E-state index >= 15 is 0 Å². The maximum atomic E-state index is 11.9. The van der Waals surface area contributed by atoms with Crippen LogP contribution in [0.15, 0.2) is 53.0 Å². The van der Waals surface area contributed by atoms with E-state index in [1.807, 2.05) is 31.2 Å². The lowest BCUT2D eigenvalue weighted by molar-refractivity contribution is -0.134. The Morgan fingerprint density at radius 3 is 2.50 bits per heavy atom. The molecule has 1 heterocycles. The summed E-state index contributed by atoms with van der Waals surface area (Å²) >= 11 is 0. The zero-order chi connectivity index (χ0) is 15.9. The zero-order valence-corrected chi connectivity index (χ0v) is 12.5. The summed E-state index contributed by atoms with van der Waals surface area (Å²) in [4.78, 5) is 22.8. The van der Waals surface area contributed by atoms with E-state index in [0.29, 0.717) is 5.56 Å². The molecule has 0 spiro atoms. The second kappa shape index (κ2) is 7.26. The highest BCUT2D eigenvalue weighted by molar-refractivity contribution is 5.94. The van der Waals surface area contributed by atoms with Crippen molar-refractivity contribution < 1.29 is 18.7 Å². The van der Waals surface area contributed by atoms with Gasteiger partial charge in [0.25, 0.3) is 5.91 Å². The number of furan rings is 1. The van der Waals surface area contributed by atoms with E-state index in [0.717, 1.165) is 17.1 Å². The van der Waals surface area contributed by atoms with Gasteiger partial charge >= 0.3 is 5.97 Å². The summed E-state index contributed by atoms with van der Waals surface area (Å²) in [6.07, 6.45) is 2.80. The van der Waals surface area contributed by atoms with Gasteiger partial charge in [0.2, 0.25) is 0 Å². The summed E-state index contributed by atoms with van der Waals surface area (Å²) in [6, 6.07) is 10.9. The summed E-state index contributed by atoms with van der Waals surface area (Å²) in [5.41, 5.74) is 1.45. The third-order valence-corrected chi connectivity index (χ3v) is 3.01. The van der Waals surface area contributed by atoms with Crippen molar-refractivity contribution in [1.29, 1.82) is 0 Å². The predicted octanol–water partition coefficient (Wildman–Crippen LogP) is 2.71. The first-order valence-electron chi connectivity index (χ1n) is 6.79. The fraction of sp³-hybridized carbons (Fsp3) is 0.176. The number of aryl methyl sites for hydroxylation is 1. The molecule has 2 rings (SSSR count). The number of hydrogen-bond donors (Lipinski definition) is 1. The number of carbonyl (C=O) groups is 2. The number of amides is 1. The average molecular weight is 299 g/mol. The van der Waals surface area contributed by atoms with E-state index in [1.54, 1.807) is 12.1 Å². The molecule has 1 N–H and O–H groups in total. The van der Waals surface area contributed by atoms with Crippen LogP contribution in [0.1, 0.15) is 16.1 Å². The molecule has 1 amide bonds. The Labute approximate surface area is 128 Å². The van der Waals surface area contributed by atoms with Crippen molar-refractivity contribution in [3.05, 3.63) is 59.9 Å². The van der Waals surface area contributed by atoms with Crippen LogP contribution in [-0.2, 0) is 9.53 Å². The van der Waals surface area contributed by atoms with Gasteiger partial charge in [-0.2, -0.15) is 0 Å². The second-order valence-corrected chi connectivity index (χ2v) is 4.62. The molecule has 0 bridgehead atoms. The molecule has 0 aliphatic rings. The van der Waals surface area contributed by atoms with Crippen LogP contribution in [-0.4, -0.2) is 25.5 Å². The Bertz CT molecular complexity index is 683. The molecule has 0 unspecified atom stereocenters. The smallest absolute Gasteiger partial charge is 0.330 e. The van der Waals surface area contributed by atoms with Crippen molar-refractivity contribution in [2.45, 2.75) is 6.92 Å². The lowest BCUT2D eigenvalue weighted by atomic mass is 10.1. The van der Waals surface area contributed by atoms with Crippen molar-refractivity contribution in [1.82, 2.24) is 5.32 Å². The number of rotatable bonds is 5. The molecule has 0 aliphatic heterocycles. The molecular formula is C17H17NO4. The van der Waals surface area contributed by atoms with E-state index < -0.39 is 5.97 Å². The molecule has 1 aromatic carbocycles. The summed E-state index contributed by atoms with van der Waals surface area (Å²) in [7, 11) is 1.30. The van der Waals surface area contributed by atoms with Crippen LogP contribution in [0.25, 0.3) is 11.3 Å². The minimum Gasteiger partial charge on any atom is -0.466 e. The predicted molar refractivity (Wildman–Crippen MR) is 82.4 cm³/mol. The zero-order valence-electron chi connectivity index (χ0n) is 12.5. The Morgan fingerprint density at radius 2 is 1.91 bits per heavy atom. The summed E-state index contributed by atoms with van der Waals surface area (Å²) in [6.45, 7) is 2.14. The van der Waals surface area contributed by atoms with E-state index in [-0.39, 0.29) is 12.5 Å². The van der Waals surface area contributed by atoms with Crippen molar-refractivity contribution in [2.24, 2.45) is 0 Å². The van der Waals surface area contributed by atoms with Gasteiger partial charge in [0.05, 0.1) is 7.11 Å². The first-order valence-corrected chi connectivity index (χ1v) is 6.79. The molecule has 0 saturated heterocycles. The van der Waals surface area contributed by atoms with Crippen LogP contribution in [0.2, 0.25) is 0 Å². The fourth-order valence-corrected chi connectivity index (χ4v) is 1.85. The molecule has 5 heteroatoms.